The van der Waals surface area contributed by atoms with Gasteiger partial charge in [-0.2, -0.15) is 0 Å². The van der Waals surface area contributed by atoms with Gasteiger partial charge in [0, 0.05) is 18.6 Å². The highest BCUT2D eigenvalue weighted by Crippen LogP contribution is 2.35. The Balaban J connectivity index is 1.63. The quantitative estimate of drug-likeness (QED) is 0.750. The first kappa shape index (κ1) is 20.2. The number of nitrogens with one attached hydrogen (secondary N) is 1. The largest absolute Gasteiger partial charge is 0.454 e. The minimum absolute atomic E-state index is 0.108. The number of carbonyl (C=O) groups is 1. The molecule has 150 valence electrons. The summed E-state index contributed by atoms with van der Waals surface area (Å²) in [5.74, 6) is 1.63. The van der Waals surface area contributed by atoms with Crippen molar-refractivity contribution >= 4 is 5.91 Å². The third kappa shape index (κ3) is 4.84. The molecule has 0 bridgehead atoms. The molecule has 5 nitrogen and oxygen atoms in total. The van der Waals surface area contributed by atoms with Gasteiger partial charge in [-0.1, -0.05) is 42.8 Å². The molecule has 3 rings (SSSR count). The van der Waals surface area contributed by atoms with Gasteiger partial charge in [-0.05, 0) is 50.5 Å². The molecule has 1 aliphatic heterocycles. The number of rotatable bonds is 8. The van der Waals surface area contributed by atoms with Gasteiger partial charge in [0.1, 0.15) is 0 Å². The predicted octanol–water partition coefficient (Wildman–Crippen LogP) is 3.99. The van der Waals surface area contributed by atoms with Crippen LogP contribution in [0.15, 0.2) is 42.5 Å². The fraction of sp³-hybridized carbons (Fsp3) is 0.435. The smallest absolute Gasteiger partial charge is 0.236 e. The molecular formula is C23H30N2O3. The lowest BCUT2D eigenvalue weighted by atomic mass is 9.94. The summed E-state index contributed by atoms with van der Waals surface area (Å²) in [5, 5.41) is 3.41. The maximum atomic E-state index is 12.9. The Morgan fingerprint density at radius 2 is 1.82 bits per heavy atom. The Morgan fingerprint density at radius 3 is 2.54 bits per heavy atom. The third-order valence-electron chi connectivity index (χ3n) is 5.12. The molecule has 0 aromatic heterocycles. The van der Waals surface area contributed by atoms with E-state index in [1.165, 1.54) is 5.56 Å². The number of nitrogens with zero attached hydrogens (tertiary/aromatic N) is 1. The molecule has 0 unspecified atom stereocenters. The Bertz CT molecular complexity index is 815. The molecule has 0 spiro atoms. The first-order valence-electron chi connectivity index (χ1n) is 9.87. The summed E-state index contributed by atoms with van der Waals surface area (Å²) in [6.45, 7) is 10.2. The van der Waals surface area contributed by atoms with Crippen LogP contribution in [-0.4, -0.2) is 30.7 Å². The summed E-state index contributed by atoms with van der Waals surface area (Å²) in [4.78, 5) is 14.8. The molecule has 2 aromatic carbocycles. The monoisotopic (exact) mass is 382 g/mol. The zero-order valence-corrected chi connectivity index (χ0v) is 17.2. The number of benzene rings is 2. The molecular weight excluding hydrogens is 352 g/mol. The molecule has 0 atom stereocenters. The van der Waals surface area contributed by atoms with Crippen molar-refractivity contribution in [2.45, 2.75) is 46.2 Å². The van der Waals surface area contributed by atoms with Gasteiger partial charge in [0.15, 0.2) is 11.5 Å². The van der Waals surface area contributed by atoms with Gasteiger partial charge in [-0.15, -0.1) is 0 Å². The molecule has 5 heteroatoms. The van der Waals surface area contributed by atoms with Crippen molar-refractivity contribution in [3.8, 4) is 11.5 Å². The molecule has 0 fully saturated rings. The molecule has 0 saturated carbocycles. The van der Waals surface area contributed by atoms with Crippen LogP contribution in [0.2, 0.25) is 0 Å². The maximum Gasteiger partial charge on any atom is 0.236 e. The van der Waals surface area contributed by atoms with E-state index in [2.05, 4.69) is 57.3 Å². The lowest BCUT2D eigenvalue weighted by Gasteiger charge is -2.29. The standard InChI is InChI=1S/C23H30N2O3/c1-5-12-25(15-18-8-6-17(2)7-9-18)22(26)14-24-23(3,4)19-10-11-20-21(13-19)28-16-27-20/h6-11,13,24H,5,12,14-16H2,1-4H3. The number of ether oxygens (including phenoxy) is 2. The lowest BCUT2D eigenvalue weighted by molar-refractivity contribution is -0.131. The first-order valence-corrected chi connectivity index (χ1v) is 9.87. The average Bonchev–Trinajstić information content (AvgIpc) is 3.15. The fourth-order valence-electron chi connectivity index (χ4n) is 3.27. The van der Waals surface area contributed by atoms with E-state index >= 15 is 0 Å². The van der Waals surface area contributed by atoms with Gasteiger partial charge in [-0.25, -0.2) is 0 Å². The number of carbonyl (C=O) groups excluding carboxylic acids is 1. The predicted molar refractivity (Wildman–Crippen MR) is 110 cm³/mol. The third-order valence-corrected chi connectivity index (χ3v) is 5.12. The highest BCUT2D eigenvalue weighted by molar-refractivity contribution is 5.78. The molecule has 0 saturated heterocycles. The van der Waals surface area contributed by atoms with Crippen LogP contribution in [0, 0.1) is 6.92 Å². The van der Waals surface area contributed by atoms with Crippen molar-refractivity contribution in [3.05, 3.63) is 59.2 Å². The van der Waals surface area contributed by atoms with Crippen LogP contribution < -0.4 is 14.8 Å². The molecule has 1 heterocycles. The van der Waals surface area contributed by atoms with Crippen LogP contribution in [-0.2, 0) is 16.9 Å². The van der Waals surface area contributed by atoms with Gasteiger partial charge in [0.2, 0.25) is 12.7 Å². The SMILES string of the molecule is CCCN(Cc1ccc(C)cc1)C(=O)CNC(C)(C)c1ccc2c(c1)OCO2. The topological polar surface area (TPSA) is 50.8 Å². The number of hydrogen-bond donors (Lipinski definition) is 1. The number of aryl methyl sites for hydroxylation is 1. The molecule has 1 aliphatic rings. The summed E-state index contributed by atoms with van der Waals surface area (Å²) < 4.78 is 10.9. The van der Waals surface area contributed by atoms with Crippen LogP contribution >= 0.6 is 0 Å². The normalized spacial score (nSPS) is 12.9. The van der Waals surface area contributed by atoms with E-state index in [0.29, 0.717) is 6.54 Å². The van der Waals surface area contributed by atoms with Crippen LogP contribution in [0.5, 0.6) is 11.5 Å². The highest BCUT2D eigenvalue weighted by Gasteiger charge is 2.25. The van der Waals surface area contributed by atoms with E-state index in [0.717, 1.165) is 35.6 Å². The Hall–Kier alpha value is -2.53. The number of hydrogen-bond acceptors (Lipinski definition) is 4. The van der Waals surface area contributed by atoms with Crippen LogP contribution in [0.25, 0.3) is 0 Å². The van der Waals surface area contributed by atoms with E-state index in [-0.39, 0.29) is 24.8 Å². The van der Waals surface area contributed by atoms with E-state index in [4.69, 9.17) is 9.47 Å². The second kappa shape index (κ2) is 8.65. The number of fused-ring (bicyclic) bond motifs is 1. The Morgan fingerprint density at radius 1 is 1.11 bits per heavy atom. The number of amides is 1. The van der Waals surface area contributed by atoms with Gasteiger partial charge in [0.05, 0.1) is 6.54 Å². The summed E-state index contributed by atoms with van der Waals surface area (Å²) in [6.07, 6.45) is 0.934. The highest BCUT2D eigenvalue weighted by atomic mass is 16.7. The minimum atomic E-state index is -0.363. The average molecular weight is 383 g/mol. The summed E-state index contributed by atoms with van der Waals surface area (Å²) in [7, 11) is 0. The summed E-state index contributed by atoms with van der Waals surface area (Å²) in [6, 6.07) is 14.3. The van der Waals surface area contributed by atoms with Crippen LogP contribution in [0.4, 0.5) is 0 Å². The molecule has 0 aliphatic carbocycles. The van der Waals surface area contributed by atoms with Crippen molar-refractivity contribution in [1.82, 2.24) is 10.2 Å². The van der Waals surface area contributed by atoms with E-state index in [1.54, 1.807) is 0 Å². The second-order valence-corrected chi connectivity index (χ2v) is 7.85. The Labute approximate surface area is 167 Å². The fourth-order valence-corrected chi connectivity index (χ4v) is 3.27. The zero-order chi connectivity index (χ0) is 20.1. The van der Waals surface area contributed by atoms with Crippen molar-refractivity contribution in [3.63, 3.8) is 0 Å². The van der Waals surface area contributed by atoms with E-state index in [1.807, 2.05) is 23.1 Å². The van der Waals surface area contributed by atoms with Gasteiger partial charge < -0.3 is 14.4 Å². The van der Waals surface area contributed by atoms with Gasteiger partial charge in [-0.3, -0.25) is 10.1 Å². The van der Waals surface area contributed by atoms with Crippen molar-refractivity contribution < 1.29 is 14.3 Å². The van der Waals surface area contributed by atoms with E-state index in [9.17, 15) is 4.79 Å². The van der Waals surface area contributed by atoms with Crippen LogP contribution in [0.1, 0.15) is 43.9 Å². The maximum absolute atomic E-state index is 12.9. The van der Waals surface area contributed by atoms with Crippen molar-refractivity contribution in [2.24, 2.45) is 0 Å². The second-order valence-electron chi connectivity index (χ2n) is 7.85. The molecule has 28 heavy (non-hydrogen) atoms. The Kier molecular flexibility index (Phi) is 6.25. The van der Waals surface area contributed by atoms with Gasteiger partial charge in [0.25, 0.3) is 0 Å². The zero-order valence-electron chi connectivity index (χ0n) is 17.2. The molecule has 2 aromatic rings. The molecule has 1 amide bonds. The molecule has 1 N–H and O–H groups in total. The van der Waals surface area contributed by atoms with Crippen molar-refractivity contribution in [1.29, 1.82) is 0 Å². The minimum Gasteiger partial charge on any atom is -0.454 e. The van der Waals surface area contributed by atoms with E-state index < -0.39 is 0 Å². The summed E-state index contributed by atoms with van der Waals surface area (Å²) in [5.41, 5.74) is 3.08. The van der Waals surface area contributed by atoms with Crippen LogP contribution in [0.3, 0.4) is 0 Å². The molecule has 0 radical (unpaired) electrons. The first-order chi connectivity index (χ1) is 13.4. The van der Waals surface area contributed by atoms with Gasteiger partial charge >= 0.3 is 0 Å². The van der Waals surface area contributed by atoms with Crippen molar-refractivity contribution in [2.75, 3.05) is 19.9 Å². The lowest BCUT2D eigenvalue weighted by Crippen LogP contribution is -2.45. The summed E-state index contributed by atoms with van der Waals surface area (Å²) >= 11 is 0.